The largest absolute Gasteiger partial charge is 0.376 e. The van der Waals surface area contributed by atoms with Crippen LogP contribution in [0.2, 0.25) is 0 Å². The van der Waals surface area contributed by atoms with Crippen LogP contribution in [0, 0.1) is 16.0 Å². The summed E-state index contributed by atoms with van der Waals surface area (Å²) in [5.41, 5.74) is 0.778. The number of aromatic nitrogens is 2. The maximum absolute atomic E-state index is 11.1. The minimum Gasteiger partial charge on any atom is -0.376 e. The molecule has 0 N–H and O–H groups in total. The molecule has 0 spiro atoms. The minimum absolute atomic E-state index is 0.0824. The first-order valence-corrected chi connectivity index (χ1v) is 6.96. The number of hydrogen-bond acceptors (Lipinski definition) is 5. The van der Waals surface area contributed by atoms with Gasteiger partial charge in [0.05, 0.1) is 31.3 Å². The van der Waals surface area contributed by atoms with Crippen molar-refractivity contribution in [2.45, 2.75) is 39.3 Å². The second-order valence-corrected chi connectivity index (χ2v) is 5.42. The van der Waals surface area contributed by atoms with Crippen molar-refractivity contribution in [1.82, 2.24) is 9.78 Å². The number of nitro groups is 1. The lowest BCUT2D eigenvalue weighted by molar-refractivity contribution is -0.385. The molecule has 2 heterocycles. The summed E-state index contributed by atoms with van der Waals surface area (Å²) < 4.78 is 12.6. The van der Waals surface area contributed by atoms with Gasteiger partial charge in [-0.15, -0.1) is 0 Å². The summed E-state index contributed by atoms with van der Waals surface area (Å²) in [7, 11) is 0. The third-order valence-electron chi connectivity index (χ3n) is 3.34. The van der Waals surface area contributed by atoms with Crippen LogP contribution in [0.1, 0.15) is 26.0 Å². The highest BCUT2D eigenvalue weighted by Crippen LogP contribution is 2.22. The number of ether oxygens (including phenoxy) is 2. The molecule has 112 valence electrons. The zero-order chi connectivity index (χ0) is 14.5. The fraction of sp³-hybridized carbons (Fsp3) is 0.769. The van der Waals surface area contributed by atoms with Crippen molar-refractivity contribution in [2.24, 2.45) is 5.92 Å². The van der Waals surface area contributed by atoms with E-state index >= 15 is 0 Å². The zero-order valence-electron chi connectivity index (χ0n) is 11.9. The van der Waals surface area contributed by atoms with E-state index in [0.717, 1.165) is 6.42 Å². The molecule has 0 radical (unpaired) electrons. The number of nitrogens with zero attached hydrogens (tertiary/aromatic N) is 3. The topological polar surface area (TPSA) is 79.4 Å². The average Bonchev–Trinajstić information content (AvgIpc) is 2.80. The van der Waals surface area contributed by atoms with E-state index in [-0.39, 0.29) is 16.7 Å². The lowest BCUT2D eigenvalue weighted by Gasteiger charge is -2.23. The molecule has 1 aromatic heterocycles. The molecule has 0 saturated carbocycles. The smallest absolute Gasteiger partial charge is 0.310 e. The van der Waals surface area contributed by atoms with E-state index in [4.69, 9.17) is 9.47 Å². The molecule has 1 fully saturated rings. The van der Waals surface area contributed by atoms with Gasteiger partial charge in [-0.25, -0.2) is 0 Å². The lowest BCUT2D eigenvalue weighted by atomic mass is 10.1. The predicted octanol–water partition coefficient (Wildman–Crippen LogP) is 1.80. The summed E-state index contributed by atoms with van der Waals surface area (Å²) in [6.07, 6.45) is 2.80. The third-order valence-corrected chi connectivity index (χ3v) is 3.34. The molecular formula is C13H21N3O4. The Kier molecular flexibility index (Phi) is 5.08. The molecule has 0 unspecified atom stereocenters. The molecule has 0 aromatic carbocycles. The van der Waals surface area contributed by atoms with Crippen molar-refractivity contribution in [3.05, 3.63) is 22.0 Å². The fourth-order valence-corrected chi connectivity index (χ4v) is 2.23. The Morgan fingerprint density at radius 1 is 1.55 bits per heavy atom. The van der Waals surface area contributed by atoms with E-state index in [0.29, 0.717) is 44.4 Å². The van der Waals surface area contributed by atoms with Gasteiger partial charge in [0.15, 0.2) is 0 Å². The maximum Gasteiger partial charge on any atom is 0.310 e. The van der Waals surface area contributed by atoms with Crippen LogP contribution in [0.15, 0.2) is 6.20 Å². The molecule has 1 aliphatic heterocycles. The van der Waals surface area contributed by atoms with Crippen LogP contribution >= 0.6 is 0 Å². The van der Waals surface area contributed by atoms with E-state index < -0.39 is 0 Å². The predicted molar refractivity (Wildman–Crippen MR) is 72.6 cm³/mol. The van der Waals surface area contributed by atoms with Crippen LogP contribution in [0.5, 0.6) is 0 Å². The van der Waals surface area contributed by atoms with Crippen molar-refractivity contribution in [2.75, 3.05) is 19.8 Å². The van der Waals surface area contributed by atoms with E-state index in [2.05, 4.69) is 18.9 Å². The van der Waals surface area contributed by atoms with Gasteiger partial charge in [0.25, 0.3) is 0 Å². The summed E-state index contributed by atoms with van der Waals surface area (Å²) in [5.74, 6) is 0.493. The Morgan fingerprint density at radius 3 is 2.95 bits per heavy atom. The SMILES string of the molecule is CC(C)CCc1c([N+](=O)[O-])cnn1C[C@@H]1COCCO1. The van der Waals surface area contributed by atoms with Gasteiger partial charge in [0.1, 0.15) is 18.0 Å². The molecule has 2 rings (SSSR count). The van der Waals surface area contributed by atoms with Gasteiger partial charge in [0, 0.05) is 0 Å². The second-order valence-electron chi connectivity index (χ2n) is 5.42. The van der Waals surface area contributed by atoms with Gasteiger partial charge in [0.2, 0.25) is 0 Å². The molecule has 0 bridgehead atoms. The number of hydrogen-bond donors (Lipinski definition) is 0. The number of rotatable bonds is 6. The van der Waals surface area contributed by atoms with Crippen molar-refractivity contribution >= 4 is 5.69 Å². The summed E-state index contributed by atoms with van der Waals surface area (Å²) in [6.45, 7) is 6.39. The summed E-state index contributed by atoms with van der Waals surface area (Å²) in [5, 5.41) is 15.2. The van der Waals surface area contributed by atoms with Crippen molar-refractivity contribution < 1.29 is 14.4 Å². The second kappa shape index (κ2) is 6.81. The van der Waals surface area contributed by atoms with Crippen LogP contribution in [0.25, 0.3) is 0 Å². The van der Waals surface area contributed by atoms with Crippen LogP contribution in [0.4, 0.5) is 5.69 Å². The van der Waals surface area contributed by atoms with Crippen LogP contribution in [-0.4, -0.2) is 40.6 Å². The zero-order valence-corrected chi connectivity index (χ0v) is 11.9. The first-order valence-electron chi connectivity index (χ1n) is 6.96. The molecule has 7 nitrogen and oxygen atoms in total. The Labute approximate surface area is 118 Å². The molecule has 20 heavy (non-hydrogen) atoms. The summed E-state index contributed by atoms with van der Waals surface area (Å²) in [4.78, 5) is 10.7. The molecule has 1 aliphatic rings. The molecule has 0 amide bonds. The summed E-state index contributed by atoms with van der Waals surface area (Å²) in [6, 6.07) is 0. The van der Waals surface area contributed by atoms with Gasteiger partial charge in [-0.1, -0.05) is 13.8 Å². The first kappa shape index (κ1) is 14.9. The van der Waals surface area contributed by atoms with Gasteiger partial charge < -0.3 is 9.47 Å². The standard InChI is InChI=1S/C13H21N3O4/c1-10(2)3-4-12-13(16(17)18)7-14-15(12)8-11-9-19-5-6-20-11/h7,10-11H,3-6,8-9H2,1-2H3/t11-/m1/s1. The normalized spacial score (nSPS) is 19.4. The third kappa shape index (κ3) is 3.77. The van der Waals surface area contributed by atoms with Crippen LogP contribution < -0.4 is 0 Å². The highest BCUT2D eigenvalue weighted by Gasteiger charge is 2.23. The monoisotopic (exact) mass is 283 g/mol. The van der Waals surface area contributed by atoms with E-state index in [1.807, 2.05) is 0 Å². The highest BCUT2D eigenvalue weighted by atomic mass is 16.6. The minimum atomic E-state index is -0.364. The molecule has 1 atom stereocenters. The van der Waals surface area contributed by atoms with Crippen molar-refractivity contribution in [3.8, 4) is 0 Å². The Bertz CT molecular complexity index is 452. The van der Waals surface area contributed by atoms with Gasteiger partial charge in [-0.3, -0.25) is 14.8 Å². The van der Waals surface area contributed by atoms with E-state index in [1.54, 1.807) is 4.68 Å². The quantitative estimate of drug-likeness (QED) is 0.587. The average molecular weight is 283 g/mol. The lowest BCUT2D eigenvalue weighted by Crippen LogP contribution is -2.33. The molecule has 1 aromatic rings. The van der Waals surface area contributed by atoms with Crippen molar-refractivity contribution in [1.29, 1.82) is 0 Å². The summed E-state index contributed by atoms with van der Waals surface area (Å²) >= 11 is 0. The van der Waals surface area contributed by atoms with Crippen LogP contribution in [-0.2, 0) is 22.4 Å². The van der Waals surface area contributed by atoms with Crippen LogP contribution in [0.3, 0.4) is 0 Å². The highest BCUT2D eigenvalue weighted by molar-refractivity contribution is 5.33. The molecule has 0 aliphatic carbocycles. The van der Waals surface area contributed by atoms with Gasteiger partial charge in [-0.2, -0.15) is 5.10 Å². The fourth-order valence-electron chi connectivity index (χ4n) is 2.23. The molecule has 7 heteroatoms. The van der Waals surface area contributed by atoms with Crippen molar-refractivity contribution in [3.63, 3.8) is 0 Å². The Hall–Kier alpha value is -1.47. The Morgan fingerprint density at radius 2 is 2.35 bits per heavy atom. The Balaban J connectivity index is 2.11. The van der Waals surface area contributed by atoms with Gasteiger partial charge >= 0.3 is 5.69 Å². The maximum atomic E-state index is 11.1. The van der Waals surface area contributed by atoms with Gasteiger partial charge in [-0.05, 0) is 18.8 Å². The molecule has 1 saturated heterocycles. The van der Waals surface area contributed by atoms with E-state index in [9.17, 15) is 10.1 Å². The first-order chi connectivity index (χ1) is 9.58. The van der Waals surface area contributed by atoms with E-state index in [1.165, 1.54) is 6.20 Å². The molecular weight excluding hydrogens is 262 g/mol.